The zero-order valence-corrected chi connectivity index (χ0v) is 11.9. The van der Waals surface area contributed by atoms with E-state index in [1.165, 1.54) is 0 Å². The minimum atomic E-state index is -0.0558. The number of nitrogens with one attached hydrogen (secondary N) is 1. The number of halogens is 2. The molecule has 1 atom stereocenters. The molecule has 1 amide bonds. The molecular formula is C12H14BrClN2O. The van der Waals surface area contributed by atoms with Crippen molar-refractivity contribution >= 4 is 33.4 Å². The number of carbonyl (C=O) groups is 1. The molecular weight excluding hydrogens is 304 g/mol. The van der Waals surface area contributed by atoms with Crippen LogP contribution in [0.1, 0.15) is 16.8 Å². The van der Waals surface area contributed by atoms with Crippen molar-refractivity contribution < 1.29 is 4.79 Å². The quantitative estimate of drug-likeness (QED) is 0.909. The van der Waals surface area contributed by atoms with Crippen molar-refractivity contribution in [3.8, 4) is 0 Å². The predicted molar refractivity (Wildman–Crippen MR) is 72.5 cm³/mol. The van der Waals surface area contributed by atoms with Crippen molar-refractivity contribution in [2.45, 2.75) is 12.5 Å². The summed E-state index contributed by atoms with van der Waals surface area (Å²) in [7, 11) is 2.06. The summed E-state index contributed by atoms with van der Waals surface area (Å²) in [5.41, 5.74) is 0.604. The lowest BCUT2D eigenvalue weighted by Crippen LogP contribution is -2.36. The number of carbonyl (C=O) groups excluding carboxylic acids is 1. The zero-order valence-electron chi connectivity index (χ0n) is 9.54. The Bertz CT molecular complexity index is 439. The Hall–Kier alpha value is -0.580. The van der Waals surface area contributed by atoms with Crippen LogP contribution in [0.15, 0.2) is 22.7 Å². The molecule has 0 radical (unpaired) electrons. The Morgan fingerprint density at radius 2 is 2.35 bits per heavy atom. The van der Waals surface area contributed by atoms with Gasteiger partial charge >= 0.3 is 0 Å². The molecule has 17 heavy (non-hydrogen) atoms. The van der Waals surface area contributed by atoms with Crippen molar-refractivity contribution in [2.24, 2.45) is 0 Å². The molecule has 1 aromatic carbocycles. The lowest BCUT2D eigenvalue weighted by Gasteiger charge is -2.13. The minimum absolute atomic E-state index is 0.0558. The Kier molecular flexibility index (Phi) is 4.07. The lowest BCUT2D eigenvalue weighted by molar-refractivity contribution is 0.0938. The third-order valence-electron chi connectivity index (χ3n) is 2.91. The number of benzene rings is 1. The van der Waals surface area contributed by atoms with Crippen LogP contribution in [0.5, 0.6) is 0 Å². The van der Waals surface area contributed by atoms with Crippen LogP contribution >= 0.6 is 27.5 Å². The van der Waals surface area contributed by atoms with Gasteiger partial charge in [-0.3, -0.25) is 4.79 Å². The Balaban J connectivity index is 2.02. The summed E-state index contributed by atoms with van der Waals surface area (Å²) in [5.74, 6) is -0.0558. The highest BCUT2D eigenvalue weighted by molar-refractivity contribution is 9.10. The van der Waals surface area contributed by atoms with E-state index >= 15 is 0 Å². The van der Waals surface area contributed by atoms with Crippen molar-refractivity contribution in [1.82, 2.24) is 10.2 Å². The topological polar surface area (TPSA) is 32.3 Å². The Morgan fingerprint density at radius 1 is 1.59 bits per heavy atom. The van der Waals surface area contributed by atoms with Gasteiger partial charge in [0.05, 0.1) is 5.02 Å². The van der Waals surface area contributed by atoms with E-state index in [2.05, 4.69) is 33.2 Å². The van der Waals surface area contributed by atoms with Gasteiger partial charge in [-0.1, -0.05) is 11.6 Å². The molecule has 1 N–H and O–H groups in total. The molecule has 1 aromatic rings. The molecule has 0 aliphatic carbocycles. The van der Waals surface area contributed by atoms with Gasteiger partial charge in [0.1, 0.15) is 0 Å². The van der Waals surface area contributed by atoms with E-state index in [0.29, 0.717) is 10.6 Å². The van der Waals surface area contributed by atoms with E-state index in [9.17, 15) is 4.79 Å². The molecule has 0 spiro atoms. The van der Waals surface area contributed by atoms with E-state index in [1.54, 1.807) is 18.2 Å². The first-order valence-electron chi connectivity index (χ1n) is 5.50. The van der Waals surface area contributed by atoms with Crippen LogP contribution in [0, 0.1) is 0 Å². The molecule has 2 rings (SSSR count). The van der Waals surface area contributed by atoms with E-state index in [1.807, 2.05) is 0 Å². The summed E-state index contributed by atoms with van der Waals surface area (Å²) in [5, 5.41) is 3.57. The van der Waals surface area contributed by atoms with Gasteiger partial charge in [-0.25, -0.2) is 0 Å². The fourth-order valence-corrected chi connectivity index (χ4v) is 2.39. The van der Waals surface area contributed by atoms with Crippen molar-refractivity contribution in [3.63, 3.8) is 0 Å². The first kappa shape index (κ1) is 12.9. The van der Waals surface area contributed by atoms with E-state index in [0.717, 1.165) is 24.0 Å². The number of likely N-dealkylation sites (tertiary alicyclic amines) is 1. The number of rotatable bonds is 2. The maximum absolute atomic E-state index is 12.0. The molecule has 3 nitrogen and oxygen atoms in total. The average Bonchev–Trinajstić information content (AvgIpc) is 2.68. The molecule has 1 aliphatic rings. The summed E-state index contributed by atoms with van der Waals surface area (Å²) in [4.78, 5) is 14.2. The third kappa shape index (κ3) is 3.21. The van der Waals surface area contributed by atoms with Crippen molar-refractivity contribution in [3.05, 3.63) is 33.3 Å². The SMILES string of the molecule is CN1CCC(NC(=O)c2ccc(Br)c(Cl)c2)C1. The molecule has 5 heteroatoms. The van der Waals surface area contributed by atoms with Crippen LogP contribution in [-0.4, -0.2) is 37.0 Å². The second kappa shape index (κ2) is 5.38. The summed E-state index contributed by atoms with van der Waals surface area (Å²) in [6.45, 7) is 1.95. The highest BCUT2D eigenvalue weighted by atomic mass is 79.9. The van der Waals surface area contributed by atoms with Gasteiger partial charge in [0.2, 0.25) is 0 Å². The first-order valence-corrected chi connectivity index (χ1v) is 6.68. The molecule has 1 unspecified atom stereocenters. The monoisotopic (exact) mass is 316 g/mol. The standard InChI is InChI=1S/C12H14BrClN2O/c1-16-5-4-9(7-16)15-12(17)8-2-3-10(13)11(14)6-8/h2-3,6,9H,4-5,7H2,1H3,(H,15,17). The van der Waals surface area contributed by atoms with Crippen LogP contribution in [0.25, 0.3) is 0 Å². The molecule has 0 bridgehead atoms. The van der Waals surface area contributed by atoms with Crippen LogP contribution in [0.3, 0.4) is 0 Å². The maximum atomic E-state index is 12.0. The summed E-state index contributed by atoms with van der Waals surface area (Å²) < 4.78 is 0.802. The third-order valence-corrected chi connectivity index (χ3v) is 4.14. The predicted octanol–water partition coefficient (Wildman–Crippen LogP) is 2.54. The largest absolute Gasteiger partial charge is 0.348 e. The molecule has 1 aliphatic heterocycles. The number of nitrogens with zero attached hydrogens (tertiary/aromatic N) is 1. The van der Waals surface area contributed by atoms with Crippen LogP contribution < -0.4 is 5.32 Å². The van der Waals surface area contributed by atoms with Gasteiger partial charge in [-0.05, 0) is 54.1 Å². The van der Waals surface area contributed by atoms with Gasteiger partial charge in [0, 0.05) is 22.6 Å². The van der Waals surface area contributed by atoms with Gasteiger partial charge in [0.25, 0.3) is 5.91 Å². The first-order chi connectivity index (χ1) is 8.06. The lowest BCUT2D eigenvalue weighted by atomic mass is 10.2. The number of amides is 1. The van der Waals surface area contributed by atoms with Gasteiger partial charge in [-0.2, -0.15) is 0 Å². The molecule has 0 saturated carbocycles. The second-order valence-corrected chi connectivity index (χ2v) is 5.61. The van der Waals surface area contributed by atoms with E-state index < -0.39 is 0 Å². The number of hydrogen-bond donors (Lipinski definition) is 1. The molecule has 0 aromatic heterocycles. The van der Waals surface area contributed by atoms with Crippen LogP contribution in [0.4, 0.5) is 0 Å². The highest BCUT2D eigenvalue weighted by Crippen LogP contribution is 2.23. The van der Waals surface area contributed by atoms with Gasteiger partial charge in [0.15, 0.2) is 0 Å². The molecule has 1 fully saturated rings. The summed E-state index contributed by atoms with van der Waals surface area (Å²) >= 11 is 9.27. The van der Waals surface area contributed by atoms with Crippen molar-refractivity contribution in [1.29, 1.82) is 0 Å². The number of hydrogen-bond acceptors (Lipinski definition) is 2. The Labute approximate surface area is 114 Å². The van der Waals surface area contributed by atoms with Crippen LogP contribution in [0.2, 0.25) is 5.02 Å². The molecule has 1 heterocycles. The summed E-state index contributed by atoms with van der Waals surface area (Å²) in [6.07, 6.45) is 1.01. The zero-order chi connectivity index (χ0) is 12.4. The minimum Gasteiger partial charge on any atom is -0.348 e. The summed E-state index contributed by atoms with van der Waals surface area (Å²) in [6, 6.07) is 5.48. The second-order valence-electron chi connectivity index (χ2n) is 4.35. The van der Waals surface area contributed by atoms with Crippen molar-refractivity contribution in [2.75, 3.05) is 20.1 Å². The van der Waals surface area contributed by atoms with Crippen LogP contribution in [-0.2, 0) is 0 Å². The fraction of sp³-hybridized carbons (Fsp3) is 0.417. The fourth-order valence-electron chi connectivity index (χ4n) is 1.96. The highest BCUT2D eigenvalue weighted by Gasteiger charge is 2.21. The van der Waals surface area contributed by atoms with Gasteiger partial charge < -0.3 is 10.2 Å². The Morgan fingerprint density at radius 3 is 2.94 bits per heavy atom. The van der Waals surface area contributed by atoms with E-state index in [4.69, 9.17) is 11.6 Å². The maximum Gasteiger partial charge on any atom is 0.251 e. The normalized spacial score (nSPS) is 20.5. The van der Waals surface area contributed by atoms with Gasteiger partial charge in [-0.15, -0.1) is 0 Å². The number of likely N-dealkylation sites (N-methyl/N-ethyl adjacent to an activating group) is 1. The van der Waals surface area contributed by atoms with E-state index in [-0.39, 0.29) is 11.9 Å². The smallest absolute Gasteiger partial charge is 0.251 e. The average molecular weight is 318 g/mol. The molecule has 92 valence electrons. The molecule has 1 saturated heterocycles.